The Labute approximate surface area is 222 Å². The molecule has 3 N–H and O–H groups in total. The molecule has 0 bridgehead atoms. The summed E-state index contributed by atoms with van der Waals surface area (Å²) in [5.74, 6) is 1.40. The van der Waals surface area contributed by atoms with Gasteiger partial charge in [0.05, 0.1) is 37.5 Å². The first-order valence-electron chi connectivity index (χ1n) is 13.3. The lowest BCUT2D eigenvalue weighted by Crippen LogP contribution is -2.39. The summed E-state index contributed by atoms with van der Waals surface area (Å²) in [5, 5.41) is 11.1. The van der Waals surface area contributed by atoms with Gasteiger partial charge in [-0.1, -0.05) is 42.5 Å². The molecule has 2 aliphatic heterocycles. The second-order valence-corrected chi connectivity index (χ2v) is 9.61. The number of morpholine rings is 2. The molecule has 38 heavy (non-hydrogen) atoms. The SMILES string of the molecule is c1cc(OCCC2CNCCO2)cc(-c2cccc3cnc(Nc4ccc(C5CNCCO5)cc4)nc23)c1. The highest BCUT2D eigenvalue weighted by Gasteiger charge is 2.16. The van der Waals surface area contributed by atoms with Crippen molar-refractivity contribution in [3.63, 3.8) is 0 Å². The van der Waals surface area contributed by atoms with Gasteiger partial charge in [0.15, 0.2) is 0 Å². The molecular formula is C30H33N5O3. The van der Waals surface area contributed by atoms with Crippen LogP contribution >= 0.6 is 0 Å². The molecule has 0 radical (unpaired) electrons. The second-order valence-electron chi connectivity index (χ2n) is 9.61. The van der Waals surface area contributed by atoms with Crippen LogP contribution in [0.2, 0.25) is 0 Å². The maximum absolute atomic E-state index is 6.07. The number of ether oxygens (including phenoxy) is 3. The van der Waals surface area contributed by atoms with Gasteiger partial charge in [-0.2, -0.15) is 0 Å². The van der Waals surface area contributed by atoms with E-state index >= 15 is 0 Å². The lowest BCUT2D eigenvalue weighted by Gasteiger charge is -2.24. The summed E-state index contributed by atoms with van der Waals surface area (Å²) in [6, 6.07) is 22.6. The number of rotatable bonds is 8. The van der Waals surface area contributed by atoms with Crippen LogP contribution in [-0.2, 0) is 9.47 Å². The second kappa shape index (κ2) is 11.9. The van der Waals surface area contributed by atoms with Crippen LogP contribution in [0.25, 0.3) is 22.0 Å². The third-order valence-electron chi connectivity index (χ3n) is 6.94. The minimum absolute atomic E-state index is 0.0922. The van der Waals surface area contributed by atoms with Crippen molar-refractivity contribution in [1.82, 2.24) is 20.6 Å². The molecule has 2 aliphatic rings. The average molecular weight is 512 g/mol. The van der Waals surface area contributed by atoms with E-state index in [-0.39, 0.29) is 12.2 Å². The Kier molecular flexibility index (Phi) is 7.74. The van der Waals surface area contributed by atoms with Crippen LogP contribution in [0, 0.1) is 0 Å². The first-order chi connectivity index (χ1) is 18.8. The molecule has 6 rings (SSSR count). The van der Waals surface area contributed by atoms with Crippen molar-refractivity contribution in [2.75, 3.05) is 51.3 Å². The number of hydrogen-bond donors (Lipinski definition) is 3. The van der Waals surface area contributed by atoms with Crippen molar-refractivity contribution in [2.45, 2.75) is 18.6 Å². The zero-order valence-electron chi connectivity index (χ0n) is 21.4. The predicted molar refractivity (Wildman–Crippen MR) is 149 cm³/mol. The minimum Gasteiger partial charge on any atom is -0.493 e. The molecule has 4 aromatic rings. The molecule has 2 atom stereocenters. The van der Waals surface area contributed by atoms with E-state index in [4.69, 9.17) is 19.2 Å². The lowest BCUT2D eigenvalue weighted by molar-refractivity contribution is 0.0159. The van der Waals surface area contributed by atoms with Crippen LogP contribution in [0.3, 0.4) is 0 Å². The van der Waals surface area contributed by atoms with Gasteiger partial charge in [-0.3, -0.25) is 0 Å². The van der Waals surface area contributed by atoms with Gasteiger partial charge < -0.3 is 30.2 Å². The van der Waals surface area contributed by atoms with Gasteiger partial charge in [0.2, 0.25) is 5.95 Å². The van der Waals surface area contributed by atoms with Crippen molar-refractivity contribution in [3.05, 3.63) is 78.5 Å². The number of nitrogens with zero attached hydrogens (tertiary/aromatic N) is 2. The van der Waals surface area contributed by atoms with Gasteiger partial charge in [0.25, 0.3) is 0 Å². The molecular weight excluding hydrogens is 478 g/mol. The smallest absolute Gasteiger partial charge is 0.227 e. The van der Waals surface area contributed by atoms with Crippen molar-refractivity contribution in [1.29, 1.82) is 0 Å². The predicted octanol–water partition coefficient (Wildman–Crippen LogP) is 4.46. The molecule has 0 amide bonds. The van der Waals surface area contributed by atoms with Crippen LogP contribution in [0.5, 0.6) is 5.75 Å². The zero-order chi connectivity index (χ0) is 25.6. The highest BCUT2D eigenvalue weighted by atomic mass is 16.5. The molecule has 0 saturated carbocycles. The van der Waals surface area contributed by atoms with E-state index in [2.05, 4.69) is 51.3 Å². The molecule has 1 aromatic heterocycles. The van der Waals surface area contributed by atoms with Crippen LogP contribution in [0.1, 0.15) is 18.1 Å². The summed E-state index contributed by atoms with van der Waals surface area (Å²) in [7, 11) is 0. The van der Waals surface area contributed by atoms with Crippen molar-refractivity contribution in [3.8, 4) is 16.9 Å². The number of aromatic nitrogens is 2. The van der Waals surface area contributed by atoms with Crippen LogP contribution in [0.4, 0.5) is 11.6 Å². The molecule has 8 heteroatoms. The van der Waals surface area contributed by atoms with Crippen LogP contribution in [0.15, 0.2) is 72.9 Å². The molecule has 0 spiro atoms. The Morgan fingerprint density at radius 1 is 0.921 bits per heavy atom. The largest absolute Gasteiger partial charge is 0.493 e. The molecule has 3 aromatic carbocycles. The van der Waals surface area contributed by atoms with Crippen LogP contribution in [-0.4, -0.2) is 62.1 Å². The fourth-order valence-corrected chi connectivity index (χ4v) is 4.91. The normalized spacial score (nSPS) is 19.8. The number of para-hydroxylation sites is 1. The van der Waals surface area contributed by atoms with Crippen molar-refractivity contribution in [2.24, 2.45) is 0 Å². The molecule has 196 valence electrons. The Morgan fingerprint density at radius 3 is 2.58 bits per heavy atom. The Morgan fingerprint density at radius 2 is 1.76 bits per heavy atom. The Hall–Kier alpha value is -3.56. The Bertz CT molecular complexity index is 1350. The monoisotopic (exact) mass is 511 g/mol. The molecule has 3 heterocycles. The summed E-state index contributed by atoms with van der Waals surface area (Å²) in [5.41, 5.74) is 5.08. The van der Waals surface area contributed by atoms with Gasteiger partial charge in [0.1, 0.15) is 5.75 Å². The van der Waals surface area contributed by atoms with Gasteiger partial charge in [0, 0.05) is 55.4 Å². The molecule has 2 fully saturated rings. The average Bonchev–Trinajstić information content (AvgIpc) is 2.98. The lowest BCUT2D eigenvalue weighted by atomic mass is 10.0. The molecule has 2 saturated heterocycles. The van der Waals surface area contributed by atoms with Crippen molar-refractivity contribution < 1.29 is 14.2 Å². The number of benzene rings is 3. The standard InChI is InChI=1S/C30H33N5O3/c1-3-22(17-25(5-1)36-14-11-26-19-31-12-15-37-26)27-6-2-4-23-18-33-30(35-29(23)27)34-24-9-7-21(8-10-24)28-20-32-13-16-38-28/h1-10,17-18,26,28,31-32H,11-16,19-20H2,(H,33,34,35). The summed E-state index contributed by atoms with van der Waals surface area (Å²) in [4.78, 5) is 9.44. The quantitative estimate of drug-likeness (QED) is 0.320. The topological polar surface area (TPSA) is 89.6 Å². The first-order valence-corrected chi connectivity index (χ1v) is 13.3. The van der Waals surface area contributed by atoms with E-state index in [9.17, 15) is 0 Å². The summed E-state index contributed by atoms with van der Waals surface area (Å²) in [6.07, 6.45) is 3.03. The van der Waals surface area contributed by atoms with E-state index in [0.29, 0.717) is 12.6 Å². The Balaban J connectivity index is 1.17. The zero-order valence-corrected chi connectivity index (χ0v) is 21.4. The fraction of sp³-hybridized carbons (Fsp3) is 0.333. The van der Waals surface area contributed by atoms with E-state index in [0.717, 1.165) is 84.8 Å². The van der Waals surface area contributed by atoms with Gasteiger partial charge >= 0.3 is 0 Å². The van der Waals surface area contributed by atoms with Crippen molar-refractivity contribution >= 4 is 22.5 Å². The summed E-state index contributed by atoms with van der Waals surface area (Å²) >= 11 is 0. The highest BCUT2D eigenvalue weighted by molar-refractivity contribution is 5.94. The molecule has 0 aliphatic carbocycles. The summed E-state index contributed by atoms with van der Waals surface area (Å²) < 4.78 is 17.7. The maximum atomic E-state index is 6.07. The van der Waals surface area contributed by atoms with E-state index in [1.54, 1.807) is 0 Å². The number of anilines is 2. The maximum Gasteiger partial charge on any atom is 0.227 e. The first kappa shape index (κ1) is 24.8. The van der Waals surface area contributed by atoms with E-state index in [1.807, 2.05) is 42.6 Å². The van der Waals surface area contributed by atoms with Crippen LogP contribution < -0.4 is 20.7 Å². The third-order valence-corrected chi connectivity index (χ3v) is 6.94. The van der Waals surface area contributed by atoms with E-state index < -0.39 is 0 Å². The fourth-order valence-electron chi connectivity index (χ4n) is 4.91. The minimum atomic E-state index is 0.0922. The van der Waals surface area contributed by atoms with Gasteiger partial charge in [-0.15, -0.1) is 0 Å². The van der Waals surface area contributed by atoms with E-state index in [1.165, 1.54) is 0 Å². The third kappa shape index (κ3) is 5.95. The van der Waals surface area contributed by atoms with Gasteiger partial charge in [-0.05, 0) is 35.4 Å². The molecule has 2 unspecified atom stereocenters. The number of nitrogens with one attached hydrogen (secondary N) is 3. The number of fused-ring (bicyclic) bond motifs is 1. The summed E-state index contributed by atoms with van der Waals surface area (Å²) in [6.45, 7) is 5.66. The molecule has 8 nitrogen and oxygen atoms in total. The van der Waals surface area contributed by atoms with Gasteiger partial charge in [-0.25, -0.2) is 9.97 Å². The number of hydrogen-bond acceptors (Lipinski definition) is 8. The highest BCUT2D eigenvalue weighted by Crippen LogP contribution is 2.31.